The minimum atomic E-state index is -2.97. The summed E-state index contributed by atoms with van der Waals surface area (Å²) < 4.78 is 22.6. The van der Waals surface area contributed by atoms with Gasteiger partial charge in [0.25, 0.3) is 0 Å². The molecule has 0 aromatic rings. The lowest BCUT2D eigenvalue weighted by Crippen LogP contribution is -2.30. The van der Waals surface area contributed by atoms with E-state index in [1.165, 1.54) is 0 Å². The highest BCUT2D eigenvalue weighted by molar-refractivity contribution is 7.92. The predicted octanol–water partition coefficient (Wildman–Crippen LogP) is 1.49. The molecular formula is C10H21NO2S. The van der Waals surface area contributed by atoms with Gasteiger partial charge in [-0.15, -0.1) is 0 Å². The number of hydrogen-bond acceptors (Lipinski definition) is 3. The van der Waals surface area contributed by atoms with Crippen molar-refractivity contribution in [1.82, 2.24) is 0 Å². The molecular weight excluding hydrogens is 198 g/mol. The minimum Gasteiger partial charge on any atom is -0.330 e. The van der Waals surface area contributed by atoms with Gasteiger partial charge in [0, 0.05) is 0 Å². The van der Waals surface area contributed by atoms with Crippen molar-refractivity contribution >= 4 is 9.84 Å². The molecule has 0 rings (SSSR count). The van der Waals surface area contributed by atoms with Crippen molar-refractivity contribution in [3.63, 3.8) is 0 Å². The third-order valence-electron chi connectivity index (χ3n) is 1.99. The molecule has 0 saturated carbocycles. The van der Waals surface area contributed by atoms with Crippen LogP contribution in [0.25, 0.3) is 0 Å². The Morgan fingerprint density at radius 2 is 1.64 bits per heavy atom. The fourth-order valence-corrected chi connectivity index (χ4v) is 1.92. The third kappa shape index (κ3) is 4.77. The van der Waals surface area contributed by atoms with Crippen LogP contribution >= 0.6 is 0 Å². The van der Waals surface area contributed by atoms with Gasteiger partial charge in [0.05, 0.1) is 10.5 Å². The van der Waals surface area contributed by atoms with Crippen LogP contribution in [-0.4, -0.2) is 25.5 Å². The summed E-state index contributed by atoms with van der Waals surface area (Å²) in [5.74, 6) is 0.220. The van der Waals surface area contributed by atoms with Crippen molar-refractivity contribution in [2.45, 2.75) is 38.4 Å². The van der Waals surface area contributed by atoms with Gasteiger partial charge in [-0.05, 0) is 40.2 Å². The Morgan fingerprint density at radius 1 is 1.14 bits per heavy atom. The van der Waals surface area contributed by atoms with Crippen molar-refractivity contribution in [3.05, 3.63) is 12.2 Å². The van der Waals surface area contributed by atoms with E-state index in [1.54, 1.807) is 20.8 Å². The van der Waals surface area contributed by atoms with Gasteiger partial charge in [0.2, 0.25) is 0 Å². The van der Waals surface area contributed by atoms with Crippen LogP contribution in [0.1, 0.15) is 33.6 Å². The van der Waals surface area contributed by atoms with E-state index in [1.807, 2.05) is 12.2 Å². The van der Waals surface area contributed by atoms with E-state index in [4.69, 9.17) is 5.73 Å². The van der Waals surface area contributed by atoms with Gasteiger partial charge in [-0.25, -0.2) is 8.42 Å². The SMILES string of the molecule is CC(C)(C)S(=O)(=O)CC/C=C/CCN. The van der Waals surface area contributed by atoms with E-state index >= 15 is 0 Å². The van der Waals surface area contributed by atoms with E-state index in [-0.39, 0.29) is 5.75 Å². The first-order valence-corrected chi connectivity index (χ1v) is 6.54. The molecule has 2 N–H and O–H groups in total. The summed E-state index contributed by atoms with van der Waals surface area (Å²) in [6, 6.07) is 0. The summed E-state index contributed by atoms with van der Waals surface area (Å²) >= 11 is 0. The molecule has 14 heavy (non-hydrogen) atoms. The molecule has 0 aromatic carbocycles. The Hall–Kier alpha value is -0.350. The largest absolute Gasteiger partial charge is 0.330 e. The average molecular weight is 219 g/mol. The normalized spacial score (nSPS) is 13.7. The third-order valence-corrected chi connectivity index (χ3v) is 4.63. The second kappa shape index (κ2) is 5.51. The van der Waals surface area contributed by atoms with Crippen molar-refractivity contribution in [2.24, 2.45) is 5.73 Å². The quantitative estimate of drug-likeness (QED) is 0.713. The van der Waals surface area contributed by atoms with Crippen LogP contribution in [0.5, 0.6) is 0 Å². The maximum absolute atomic E-state index is 11.6. The minimum absolute atomic E-state index is 0.220. The zero-order chi connectivity index (χ0) is 11.2. The van der Waals surface area contributed by atoms with E-state index in [9.17, 15) is 8.42 Å². The molecule has 0 saturated heterocycles. The lowest BCUT2D eigenvalue weighted by atomic mass is 10.3. The predicted molar refractivity (Wildman–Crippen MR) is 61.0 cm³/mol. The van der Waals surface area contributed by atoms with Crippen LogP contribution in [0.2, 0.25) is 0 Å². The first kappa shape index (κ1) is 13.7. The van der Waals surface area contributed by atoms with Crippen LogP contribution in [0.3, 0.4) is 0 Å². The van der Waals surface area contributed by atoms with Gasteiger partial charge in [-0.3, -0.25) is 0 Å². The second-order valence-corrected chi connectivity index (χ2v) is 7.13. The number of sulfone groups is 1. The maximum atomic E-state index is 11.6. The van der Waals surface area contributed by atoms with Crippen molar-refractivity contribution in [2.75, 3.05) is 12.3 Å². The molecule has 4 heteroatoms. The average Bonchev–Trinajstić information content (AvgIpc) is 2.02. The van der Waals surface area contributed by atoms with Crippen molar-refractivity contribution in [1.29, 1.82) is 0 Å². The van der Waals surface area contributed by atoms with E-state index in [0.29, 0.717) is 13.0 Å². The molecule has 0 aliphatic carbocycles. The number of allylic oxidation sites excluding steroid dienone is 1. The monoisotopic (exact) mass is 219 g/mol. The summed E-state index contributed by atoms with van der Waals surface area (Å²) in [4.78, 5) is 0. The highest BCUT2D eigenvalue weighted by atomic mass is 32.2. The van der Waals surface area contributed by atoms with Gasteiger partial charge < -0.3 is 5.73 Å². The summed E-state index contributed by atoms with van der Waals surface area (Å²) in [5.41, 5.74) is 5.30. The van der Waals surface area contributed by atoms with Crippen LogP contribution < -0.4 is 5.73 Å². The van der Waals surface area contributed by atoms with E-state index < -0.39 is 14.6 Å². The summed E-state index contributed by atoms with van der Waals surface area (Å²) in [6.45, 7) is 5.80. The number of rotatable bonds is 5. The topological polar surface area (TPSA) is 60.2 Å². The number of hydrogen-bond donors (Lipinski definition) is 1. The molecule has 0 aliphatic rings. The molecule has 0 aliphatic heterocycles. The molecule has 0 unspecified atom stereocenters. The molecule has 0 spiro atoms. The summed E-state index contributed by atoms with van der Waals surface area (Å²) in [5, 5.41) is 0. The molecule has 84 valence electrons. The Labute approximate surface area is 87.3 Å². The molecule has 0 radical (unpaired) electrons. The van der Waals surface area contributed by atoms with Crippen LogP contribution in [0, 0.1) is 0 Å². The van der Waals surface area contributed by atoms with Crippen LogP contribution in [0.4, 0.5) is 0 Å². The smallest absolute Gasteiger partial charge is 0.155 e. The Balaban J connectivity index is 4.03. The second-order valence-electron chi connectivity index (χ2n) is 4.27. The van der Waals surface area contributed by atoms with E-state index in [2.05, 4.69) is 0 Å². The zero-order valence-electron chi connectivity index (χ0n) is 9.29. The molecule has 0 bridgehead atoms. The van der Waals surface area contributed by atoms with Gasteiger partial charge in [0.1, 0.15) is 0 Å². The molecule has 0 atom stereocenters. The standard InChI is InChI=1S/C10H21NO2S/c1-10(2,3)14(12,13)9-7-5-4-6-8-11/h4-5H,6-9,11H2,1-3H3/b5-4+. The highest BCUT2D eigenvalue weighted by Crippen LogP contribution is 2.16. The maximum Gasteiger partial charge on any atom is 0.155 e. The van der Waals surface area contributed by atoms with Gasteiger partial charge in [-0.2, -0.15) is 0 Å². The molecule has 0 amide bonds. The first-order valence-electron chi connectivity index (χ1n) is 4.88. The fourth-order valence-electron chi connectivity index (χ4n) is 0.861. The van der Waals surface area contributed by atoms with Crippen molar-refractivity contribution < 1.29 is 8.42 Å². The number of nitrogens with two attached hydrogens (primary N) is 1. The highest BCUT2D eigenvalue weighted by Gasteiger charge is 2.27. The van der Waals surface area contributed by atoms with Crippen LogP contribution in [-0.2, 0) is 9.84 Å². The fraction of sp³-hybridized carbons (Fsp3) is 0.800. The summed E-state index contributed by atoms with van der Waals surface area (Å²) in [7, 11) is -2.97. The zero-order valence-corrected chi connectivity index (χ0v) is 10.1. The summed E-state index contributed by atoms with van der Waals surface area (Å²) in [6.07, 6.45) is 5.21. The van der Waals surface area contributed by atoms with Gasteiger partial charge in [-0.1, -0.05) is 12.2 Å². The first-order chi connectivity index (χ1) is 6.31. The molecule has 0 heterocycles. The molecule has 3 nitrogen and oxygen atoms in total. The van der Waals surface area contributed by atoms with Gasteiger partial charge >= 0.3 is 0 Å². The molecule has 0 aromatic heterocycles. The van der Waals surface area contributed by atoms with Crippen molar-refractivity contribution in [3.8, 4) is 0 Å². The lowest BCUT2D eigenvalue weighted by molar-refractivity contribution is 0.560. The molecule has 0 fully saturated rings. The van der Waals surface area contributed by atoms with E-state index in [0.717, 1.165) is 6.42 Å². The lowest BCUT2D eigenvalue weighted by Gasteiger charge is -2.18. The Kier molecular flexibility index (Phi) is 5.37. The Bertz CT molecular complexity index is 273. The Morgan fingerprint density at radius 3 is 2.07 bits per heavy atom. The van der Waals surface area contributed by atoms with Gasteiger partial charge in [0.15, 0.2) is 9.84 Å². The van der Waals surface area contributed by atoms with Crippen LogP contribution in [0.15, 0.2) is 12.2 Å².